The molecule has 0 saturated heterocycles. The normalized spacial score (nSPS) is 21.0. The van der Waals surface area contributed by atoms with Crippen LogP contribution < -0.4 is 20.7 Å². The predicted molar refractivity (Wildman–Crippen MR) is 188 cm³/mol. The zero-order valence-corrected chi connectivity index (χ0v) is 29.0. The van der Waals surface area contributed by atoms with Gasteiger partial charge in [-0.15, -0.1) is 0 Å². The topological polar surface area (TPSA) is 141 Å². The second-order valence-electron chi connectivity index (χ2n) is 13.3. The number of hydrogen-bond donors (Lipinski definition) is 3. The lowest BCUT2D eigenvalue weighted by molar-refractivity contribution is -0.124. The Kier molecular flexibility index (Phi) is 9.17. The average Bonchev–Trinajstić information content (AvgIpc) is 3.80. The molecule has 1 unspecified atom stereocenters. The monoisotopic (exact) mass is 688 g/mol. The number of ether oxygens (including phenoxy) is 3. The van der Waals surface area contributed by atoms with Gasteiger partial charge >= 0.3 is 12.1 Å². The minimum absolute atomic E-state index is 0.0215. The van der Waals surface area contributed by atoms with Crippen LogP contribution in [0.4, 0.5) is 10.5 Å². The van der Waals surface area contributed by atoms with E-state index >= 15 is 0 Å². The van der Waals surface area contributed by atoms with Crippen molar-refractivity contribution in [2.75, 3.05) is 12.4 Å². The number of carbonyl (C=O) groups is 3. The van der Waals surface area contributed by atoms with E-state index in [4.69, 9.17) is 23.6 Å². The number of alkyl carbamates (subject to hydrolysis) is 1. The second-order valence-corrected chi connectivity index (χ2v) is 13.3. The Morgan fingerprint density at radius 3 is 2.67 bits per heavy atom. The van der Waals surface area contributed by atoms with Gasteiger partial charge in [-0.25, -0.2) is 14.6 Å². The first-order valence-electron chi connectivity index (χ1n) is 17.3. The number of benzene rings is 3. The SMILES string of the molecule is CCCCC#Cc1cccc2c1N[C@H]1Oc3ccc4cc3C21c1oc(nc1C(=O)OC)[C@H](C(C)C)NC(=O)[C@@H](NC(=O)OCc1ccccc1)C4. The zero-order valence-electron chi connectivity index (χ0n) is 29.0. The lowest BCUT2D eigenvalue weighted by Crippen LogP contribution is -2.49. The van der Waals surface area contributed by atoms with E-state index in [1.807, 2.05) is 80.6 Å². The van der Waals surface area contributed by atoms with Gasteiger partial charge in [-0.2, -0.15) is 0 Å². The molecule has 3 aromatic carbocycles. The van der Waals surface area contributed by atoms with Crippen LogP contribution in [0.5, 0.6) is 5.75 Å². The van der Waals surface area contributed by atoms with Crippen molar-refractivity contribution in [3.8, 4) is 17.6 Å². The molecule has 262 valence electrons. The van der Waals surface area contributed by atoms with E-state index < -0.39 is 41.7 Å². The Morgan fingerprint density at radius 1 is 1.08 bits per heavy atom. The highest BCUT2D eigenvalue weighted by atomic mass is 16.5. The quantitative estimate of drug-likeness (QED) is 0.119. The van der Waals surface area contributed by atoms with E-state index in [1.54, 1.807) is 0 Å². The molecule has 3 aliphatic heterocycles. The number of methoxy groups -OCH3 is 1. The van der Waals surface area contributed by atoms with E-state index in [9.17, 15) is 14.4 Å². The van der Waals surface area contributed by atoms with Crippen LogP contribution in [0.25, 0.3) is 0 Å². The van der Waals surface area contributed by atoms with Crippen LogP contribution in [0.3, 0.4) is 0 Å². The number of para-hydroxylation sites is 1. The largest absolute Gasteiger partial charge is 0.469 e. The average molecular weight is 689 g/mol. The van der Waals surface area contributed by atoms with Gasteiger partial charge in [0.1, 0.15) is 29.9 Å². The van der Waals surface area contributed by atoms with Gasteiger partial charge in [0.25, 0.3) is 0 Å². The molecule has 11 nitrogen and oxygen atoms in total. The third kappa shape index (κ3) is 6.05. The maximum absolute atomic E-state index is 14.0. The number of fused-ring (bicyclic) bond motifs is 4. The van der Waals surface area contributed by atoms with Gasteiger partial charge in [0, 0.05) is 29.5 Å². The number of hydrogen-bond acceptors (Lipinski definition) is 9. The summed E-state index contributed by atoms with van der Waals surface area (Å²) in [6.45, 7) is 5.99. The van der Waals surface area contributed by atoms with E-state index in [1.165, 1.54) is 7.11 Å². The van der Waals surface area contributed by atoms with Crippen molar-refractivity contribution < 1.29 is 33.0 Å². The number of oxazole rings is 1. The number of aromatic nitrogens is 1. The number of amides is 2. The molecule has 0 saturated carbocycles. The Bertz CT molecular complexity index is 2050. The summed E-state index contributed by atoms with van der Waals surface area (Å²) in [6.07, 6.45) is 1.50. The van der Waals surface area contributed by atoms with Crippen molar-refractivity contribution in [1.29, 1.82) is 0 Å². The fourth-order valence-electron chi connectivity index (χ4n) is 7.05. The molecule has 4 bridgehead atoms. The smallest absolute Gasteiger partial charge is 0.408 e. The molecule has 3 aliphatic rings. The third-order valence-electron chi connectivity index (χ3n) is 9.62. The minimum Gasteiger partial charge on any atom is -0.469 e. The summed E-state index contributed by atoms with van der Waals surface area (Å²) in [5, 5.41) is 9.38. The number of carbonyl (C=O) groups excluding carboxylic acids is 3. The van der Waals surface area contributed by atoms with Crippen LogP contribution in [-0.4, -0.2) is 42.3 Å². The van der Waals surface area contributed by atoms with Gasteiger partial charge in [0.2, 0.25) is 11.8 Å². The highest BCUT2D eigenvalue weighted by molar-refractivity contribution is 5.91. The maximum atomic E-state index is 14.0. The summed E-state index contributed by atoms with van der Waals surface area (Å²) in [5.41, 5.74) is 3.45. The molecule has 4 heterocycles. The van der Waals surface area contributed by atoms with Gasteiger partial charge in [-0.05, 0) is 35.6 Å². The molecule has 0 aliphatic carbocycles. The molecule has 2 amide bonds. The number of nitrogens with zero attached hydrogens (tertiary/aromatic N) is 1. The predicted octanol–water partition coefficient (Wildman–Crippen LogP) is 6.15. The summed E-state index contributed by atoms with van der Waals surface area (Å²) in [4.78, 5) is 45.4. The first-order chi connectivity index (χ1) is 24.7. The summed E-state index contributed by atoms with van der Waals surface area (Å²) in [5.74, 6) is 6.19. The molecule has 4 aromatic rings. The van der Waals surface area contributed by atoms with Crippen molar-refractivity contribution in [3.63, 3.8) is 0 Å². The van der Waals surface area contributed by atoms with Gasteiger partial charge < -0.3 is 34.6 Å². The second kappa shape index (κ2) is 13.9. The number of nitrogens with one attached hydrogen (secondary N) is 3. The van der Waals surface area contributed by atoms with Crippen LogP contribution >= 0.6 is 0 Å². The fraction of sp³-hybridized carbons (Fsp3) is 0.350. The number of esters is 1. The van der Waals surface area contributed by atoms with Crippen LogP contribution in [0, 0.1) is 17.8 Å². The zero-order chi connectivity index (χ0) is 35.7. The molecular weight excluding hydrogens is 648 g/mol. The van der Waals surface area contributed by atoms with E-state index in [2.05, 4.69) is 34.7 Å². The van der Waals surface area contributed by atoms with E-state index in [0.717, 1.165) is 47.2 Å². The van der Waals surface area contributed by atoms with Crippen LogP contribution in [-0.2, 0) is 32.7 Å². The number of rotatable bonds is 7. The highest BCUT2D eigenvalue weighted by Crippen LogP contribution is 2.59. The Labute approximate surface area is 296 Å². The Morgan fingerprint density at radius 2 is 1.90 bits per heavy atom. The van der Waals surface area contributed by atoms with Gasteiger partial charge in [-0.1, -0.05) is 93.6 Å². The first kappa shape index (κ1) is 33.7. The van der Waals surface area contributed by atoms with Crippen molar-refractivity contribution in [3.05, 3.63) is 112 Å². The van der Waals surface area contributed by atoms with Crippen LogP contribution in [0.1, 0.15) is 96.0 Å². The molecule has 1 aromatic heterocycles. The fourth-order valence-corrected chi connectivity index (χ4v) is 7.05. The van der Waals surface area contributed by atoms with Gasteiger partial charge in [0.15, 0.2) is 17.7 Å². The molecule has 0 radical (unpaired) electrons. The number of anilines is 1. The molecule has 4 atom stereocenters. The minimum atomic E-state index is -1.18. The van der Waals surface area contributed by atoms with E-state index in [-0.39, 0.29) is 36.3 Å². The molecule has 51 heavy (non-hydrogen) atoms. The molecule has 7 rings (SSSR count). The van der Waals surface area contributed by atoms with E-state index in [0.29, 0.717) is 11.3 Å². The molecular formula is C40H40N4O7. The first-order valence-corrected chi connectivity index (χ1v) is 17.3. The third-order valence-corrected chi connectivity index (χ3v) is 9.62. The standard InChI is InChI=1S/C40H40N4O7/c1-5-6-7-11-15-26-16-12-17-27-32(26)44-38-40(27)28-20-25(18-19-30(28)50-38)21-29(41-39(47)49-22-24-13-9-8-10-14-24)35(45)42-31(23(2)3)36-43-33(34(40)51-36)37(46)48-4/h8-10,12-14,16-20,23,29,31,38,44H,5-7,21-22H2,1-4H3,(H,41,47)(H,42,45)/t29-,31-,38-,40?/m0/s1. The number of unbranched alkanes of at least 4 members (excludes halogenated alkanes) is 2. The Hall–Kier alpha value is -5.76. The summed E-state index contributed by atoms with van der Waals surface area (Å²) >= 11 is 0. The lowest BCUT2D eigenvalue weighted by Gasteiger charge is -2.28. The van der Waals surface area contributed by atoms with Gasteiger partial charge in [-0.3, -0.25) is 4.79 Å². The molecule has 11 heteroatoms. The van der Waals surface area contributed by atoms with Crippen LogP contribution in [0.2, 0.25) is 0 Å². The Balaban J connectivity index is 1.37. The van der Waals surface area contributed by atoms with Crippen molar-refractivity contribution in [1.82, 2.24) is 15.6 Å². The summed E-state index contributed by atoms with van der Waals surface area (Å²) in [7, 11) is 1.29. The van der Waals surface area contributed by atoms with Crippen molar-refractivity contribution in [2.24, 2.45) is 5.92 Å². The molecule has 3 N–H and O–H groups in total. The lowest BCUT2D eigenvalue weighted by atomic mass is 9.72. The van der Waals surface area contributed by atoms with Crippen molar-refractivity contribution >= 4 is 23.7 Å². The highest BCUT2D eigenvalue weighted by Gasteiger charge is 2.61. The summed E-state index contributed by atoms with van der Waals surface area (Å²) < 4.78 is 24.1. The van der Waals surface area contributed by atoms with Crippen molar-refractivity contribution in [2.45, 2.75) is 76.8 Å². The molecule has 0 fully saturated rings. The van der Waals surface area contributed by atoms with Gasteiger partial charge in [0.05, 0.1) is 12.8 Å². The van der Waals surface area contributed by atoms with Crippen LogP contribution in [0.15, 0.2) is 71.1 Å². The maximum Gasteiger partial charge on any atom is 0.408 e. The summed E-state index contributed by atoms with van der Waals surface area (Å²) in [6, 6.07) is 19.0. The molecule has 1 spiro atoms.